The SMILES string of the molecule is CC(=O)C(C(C)C=O)C(C)C=O. The lowest BCUT2D eigenvalue weighted by atomic mass is 9.82. The molecule has 3 nitrogen and oxygen atoms in total. The van der Waals surface area contributed by atoms with Crippen molar-refractivity contribution in [3.8, 4) is 0 Å². The monoisotopic (exact) mass is 170 g/mol. The van der Waals surface area contributed by atoms with Crippen LogP contribution in [0.4, 0.5) is 0 Å². The van der Waals surface area contributed by atoms with Crippen molar-refractivity contribution >= 4 is 18.4 Å². The summed E-state index contributed by atoms with van der Waals surface area (Å²) in [6.45, 7) is 4.71. The summed E-state index contributed by atoms with van der Waals surface area (Å²) in [6, 6.07) is 0. The molecule has 0 fully saturated rings. The molecule has 0 spiro atoms. The Hall–Kier alpha value is -0.990. The molecule has 0 saturated carbocycles. The van der Waals surface area contributed by atoms with Gasteiger partial charge in [-0.05, 0) is 6.92 Å². The fraction of sp³-hybridized carbons (Fsp3) is 0.667. The highest BCUT2D eigenvalue weighted by molar-refractivity contribution is 5.84. The standard InChI is InChI=1S/C9H14O3/c1-6(4-10)9(8(3)12)7(2)5-11/h4-7,9H,1-3H3. The summed E-state index contributed by atoms with van der Waals surface area (Å²) in [5.41, 5.74) is 0. The van der Waals surface area contributed by atoms with Crippen molar-refractivity contribution in [2.45, 2.75) is 20.8 Å². The lowest BCUT2D eigenvalue weighted by molar-refractivity contribution is -0.130. The van der Waals surface area contributed by atoms with Gasteiger partial charge in [0, 0.05) is 17.8 Å². The van der Waals surface area contributed by atoms with Gasteiger partial charge in [-0.1, -0.05) is 13.8 Å². The van der Waals surface area contributed by atoms with Crippen LogP contribution in [0.2, 0.25) is 0 Å². The summed E-state index contributed by atoms with van der Waals surface area (Å²) >= 11 is 0. The van der Waals surface area contributed by atoms with Crippen molar-refractivity contribution < 1.29 is 14.4 Å². The van der Waals surface area contributed by atoms with Crippen LogP contribution in [0, 0.1) is 17.8 Å². The molecular weight excluding hydrogens is 156 g/mol. The van der Waals surface area contributed by atoms with Crippen molar-refractivity contribution in [2.75, 3.05) is 0 Å². The Morgan fingerprint density at radius 1 is 1.08 bits per heavy atom. The first-order valence-electron chi connectivity index (χ1n) is 3.95. The Kier molecular flexibility index (Phi) is 4.40. The first-order valence-corrected chi connectivity index (χ1v) is 3.95. The molecule has 12 heavy (non-hydrogen) atoms. The van der Waals surface area contributed by atoms with Gasteiger partial charge < -0.3 is 9.59 Å². The number of carbonyl (C=O) groups excluding carboxylic acids is 3. The number of carbonyl (C=O) groups is 3. The van der Waals surface area contributed by atoms with Crippen LogP contribution >= 0.6 is 0 Å². The molecule has 0 bridgehead atoms. The van der Waals surface area contributed by atoms with Crippen LogP contribution in [0.15, 0.2) is 0 Å². The Morgan fingerprint density at radius 3 is 1.58 bits per heavy atom. The van der Waals surface area contributed by atoms with Gasteiger partial charge in [0.1, 0.15) is 18.4 Å². The van der Waals surface area contributed by atoms with Crippen molar-refractivity contribution in [2.24, 2.45) is 17.8 Å². The van der Waals surface area contributed by atoms with Crippen LogP contribution in [0.5, 0.6) is 0 Å². The van der Waals surface area contributed by atoms with Crippen molar-refractivity contribution in [1.29, 1.82) is 0 Å². The summed E-state index contributed by atoms with van der Waals surface area (Å²) in [4.78, 5) is 31.8. The van der Waals surface area contributed by atoms with Gasteiger partial charge in [-0.2, -0.15) is 0 Å². The molecule has 0 heterocycles. The van der Waals surface area contributed by atoms with Crippen LogP contribution < -0.4 is 0 Å². The third-order valence-corrected chi connectivity index (χ3v) is 2.03. The zero-order chi connectivity index (χ0) is 9.72. The van der Waals surface area contributed by atoms with Crippen LogP contribution in [0.25, 0.3) is 0 Å². The van der Waals surface area contributed by atoms with Gasteiger partial charge in [0.25, 0.3) is 0 Å². The fourth-order valence-corrected chi connectivity index (χ4v) is 1.39. The van der Waals surface area contributed by atoms with E-state index in [2.05, 4.69) is 0 Å². The van der Waals surface area contributed by atoms with E-state index in [9.17, 15) is 14.4 Å². The molecule has 0 rings (SSSR count). The minimum Gasteiger partial charge on any atom is -0.303 e. The van der Waals surface area contributed by atoms with Crippen LogP contribution in [-0.4, -0.2) is 18.4 Å². The number of aldehydes is 2. The van der Waals surface area contributed by atoms with E-state index in [4.69, 9.17) is 0 Å². The third-order valence-electron chi connectivity index (χ3n) is 2.03. The normalized spacial score (nSPS) is 17.6. The molecule has 0 aromatic rings. The maximum atomic E-state index is 11.0. The van der Waals surface area contributed by atoms with Gasteiger partial charge in [0.05, 0.1) is 0 Å². The highest BCUT2D eigenvalue weighted by Crippen LogP contribution is 2.19. The van der Waals surface area contributed by atoms with Gasteiger partial charge >= 0.3 is 0 Å². The first-order chi connectivity index (χ1) is 5.54. The van der Waals surface area contributed by atoms with Crippen LogP contribution in [0.3, 0.4) is 0 Å². The van der Waals surface area contributed by atoms with Crippen molar-refractivity contribution in [3.05, 3.63) is 0 Å². The topological polar surface area (TPSA) is 51.2 Å². The molecule has 0 amide bonds. The maximum Gasteiger partial charge on any atom is 0.134 e. The van der Waals surface area contributed by atoms with Gasteiger partial charge in [-0.3, -0.25) is 4.79 Å². The van der Waals surface area contributed by atoms with E-state index < -0.39 is 5.92 Å². The molecule has 0 aliphatic rings. The number of hydrogen-bond donors (Lipinski definition) is 0. The van der Waals surface area contributed by atoms with Crippen LogP contribution in [0.1, 0.15) is 20.8 Å². The van der Waals surface area contributed by atoms with Gasteiger partial charge in [0.15, 0.2) is 0 Å². The fourth-order valence-electron chi connectivity index (χ4n) is 1.39. The summed E-state index contributed by atoms with van der Waals surface area (Å²) in [6.07, 6.45) is 1.43. The summed E-state index contributed by atoms with van der Waals surface area (Å²) in [5, 5.41) is 0. The Morgan fingerprint density at radius 2 is 1.42 bits per heavy atom. The zero-order valence-corrected chi connectivity index (χ0v) is 7.61. The molecule has 68 valence electrons. The Balaban J connectivity index is 4.52. The van der Waals surface area contributed by atoms with E-state index in [1.807, 2.05) is 0 Å². The van der Waals surface area contributed by atoms with Gasteiger partial charge in [0.2, 0.25) is 0 Å². The Bertz CT molecular complexity index is 172. The van der Waals surface area contributed by atoms with E-state index >= 15 is 0 Å². The molecule has 0 radical (unpaired) electrons. The largest absolute Gasteiger partial charge is 0.303 e. The molecule has 0 aromatic heterocycles. The highest BCUT2D eigenvalue weighted by Gasteiger charge is 2.26. The second-order valence-electron chi connectivity index (χ2n) is 3.13. The van der Waals surface area contributed by atoms with E-state index in [1.165, 1.54) is 6.92 Å². The molecule has 0 saturated heterocycles. The lowest BCUT2D eigenvalue weighted by Gasteiger charge is -2.19. The van der Waals surface area contributed by atoms with Crippen LogP contribution in [-0.2, 0) is 14.4 Å². The second-order valence-corrected chi connectivity index (χ2v) is 3.13. The number of rotatable bonds is 5. The minimum absolute atomic E-state index is 0.103. The van der Waals surface area contributed by atoms with Crippen molar-refractivity contribution in [1.82, 2.24) is 0 Å². The van der Waals surface area contributed by atoms with E-state index in [0.29, 0.717) is 12.6 Å². The third kappa shape index (κ3) is 2.57. The zero-order valence-electron chi connectivity index (χ0n) is 7.61. The Labute approximate surface area is 72.1 Å². The molecule has 2 unspecified atom stereocenters. The number of Topliss-reactive ketones (excluding diaryl/α,β-unsaturated/α-hetero) is 1. The lowest BCUT2D eigenvalue weighted by Crippen LogP contribution is -2.28. The predicted molar refractivity (Wildman–Crippen MR) is 44.6 cm³/mol. The van der Waals surface area contributed by atoms with E-state index in [0.717, 1.165) is 0 Å². The molecule has 0 aliphatic carbocycles. The quantitative estimate of drug-likeness (QED) is 0.575. The maximum absolute atomic E-state index is 11.0. The molecule has 0 aliphatic heterocycles. The second kappa shape index (κ2) is 4.80. The summed E-state index contributed by atoms with van der Waals surface area (Å²) < 4.78 is 0. The average Bonchev–Trinajstić information content (AvgIpc) is 2.03. The highest BCUT2D eigenvalue weighted by atomic mass is 16.1. The molecule has 0 N–H and O–H groups in total. The summed E-state index contributed by atoms with van der Waals surface area (Å²) in [7, 11) is 0. The smallest absolute Gasteiger partial charge is 0.134 e. The molecule has 3 heteroatoms. The van der Waals surface area contributed by atoms with Gasteiger partial charge in [-0.15, -0.1) is 0 Å². The molecule has 2 atom stereocenters. The number of ketones is 1. The first kappa shape index (κ1) is 11.0. The molecule has 0 aromatic carbocycles. The summed E-state index contributed by atoms with van der Waals surface area (Å²) in [5.74, 6) is -1.31. The average molecular weight is 170 g/mol. The van der Waals surface area contributed by atoms with Crippen molar-refractivity contribution in [3.63, 3.8) is 0 Å². The van der Waals surface area contributed by atoms with E-state index in [-0.39, 0.29) is 17.6 Å². The van der Waals surface area contributed by atoms with E-state index in [1.54, 1.807) is 13.8 Å². The van der Waals surface area contributed by atoms with Gasteiger partial charge in [-0.25, -0.2) is 0 Å². The predicted octanol–water partition coefficient (Wildman–Crippen LogP) is 0.862. The minimum atomic E-state index is -0.458. The molecular formula is C9H14O3. The number of hydrogen-bond acceptors (Lipinski definition) is 3.